The van der Waals surface area contributed by atoms with Crippen molar-refractivity contribution < 1.29 is 14.5 Å². The molecule has 2 aromatic rings. The number of carbonyl (C=O) groups excluding carboxylic acids is 1. The van der Waals surface area contributed by atoms with Gasteiger partial charge in [0.1, 0.15) is 11.4 Å². The Bertz CT molecular complexity index is 849. The van der Waals surface area contributed by atoms with Gasteiger partial charge in [-0.3, -0.25) is 14.9 Å². The summed E-state index contributed by atoms with van der Waals surface area (Å²) in [7, 11) is 0. The smallest absolute Gasteiger partial charge is 0.294 e. The Hall–Kier alpha value is -2.80. The third-order valence-corrected chi connectivity index (χ3v) is 4.85. The van der Waals surface area contributed by atoms with E-state index in [1.165, 1.54) is 6.07 Å². The van der Waals surface area contributed by atoms with E-state index >= 15 is 0 Å². The Morgan fingerprint density at radius 3 is 2.43 bits per heavy atom. The van der Waals surface area contributed by atoms with E-state index in [-0.39, 0.29) is 11.6 Å². The van der Waals surface area contributed by atoms with Crippen molar-refractivity contribution in [3.05, 3.63) is 63.2 Å². The van der Waals surface area contributed by atoms with Crippen molar-refractivity contribution in [1.82, 2.24) is 4.90 Å². The monoisotopic (exact) mass is 403 g/mol. The quantitative estimate of drug-likeness (QED) is 0.538. The van der Waals surface area contributed by atoms with Gasteiger partial charge >= 0.3 is 0 Å². The van der Waals surface area contributed by atoms with Gasteiger partial charge in [0, 0.05) is 42.8 Å². The van der Waals surface area contributed by atoms with Gasteiger partial charge in [-0.15, -0.1) is 0 Å². The van der Waals surface area contributed by atoms with Crippen LogP contribution in [0.4, 0.5) is 11.4 Å². The second-order valence-electron chi connectivity index (χ2n) is 6.54. The third kappa shape index (κ3) is 4.54. The molecule has 0 unspecified atom stereocenters. The molecular formula is C20H22ClN3O4. The highest BCUT2D eigenvalue weighted by Crippen LogP contribution is 2.31. The summed E-state index contributed by atoms with van der Waals surface area (Å²) in [6.07, 6.45) is 0.927. The summed E-state index contributed by atoms with van der Waals surface area (Å²) < 4.78 is 5.54. The third-order valence-electron chi connectivity index (χ3n) is 4.62. The number of piperazine rings is 1. The van der Waals surface area contributed by atoms with Crippen LogP contribution in [0, 0.1) is 10.1 Å². The number of hydrogen-bond acceptors (Lipinski definition) is 5. The molecule has 0 spiro atoms. The Kier molecular flexibility index (Phi) is 6.36. The van der Waals surface area contributed by atoms with Gasteiger partial charge in [0.25, 0.3) is 11.6 Å². The molecule has 28 heavy (non-hydrogen) atoms. The topological polar surface area (TPSA) is 75.9 Å². The minimum atomic E-state index is -0.430. The number of nitro groups is 1. The highest BCUT2D eigenvalue weighted by molar-refractivity contribution is 6.30. The normalized spacial score (nSPS) is 14.1. The fraction of sp³-hybridized carbons (Fsp3) is 0.350. The molecule has 1 amide bonds. The molecule has 0 aromatic heterocycles. The molecule has 1 aliphatic rings. The number of nitrogens with zero attached hydrogens (tertiary/aromatic N) is 3. The van der Waals surface area contributed by atoms with Gasteiger partial charge in [0.15, 0.2) is 0 Å². The lowest BCUT2D eigenvalue weighted by molar-refractivity contribution is -0.384. The maximum atomic E-state index is 12.7. The van der Waals surface area contributed by atoms with Gasteiger partial charge in [0.05, 0.1) is 11.5 Å². The van der Waals surface area contributed by atoms with Crippen LogP contribution in [0.5, 0.6) is 5.75 Å². The van der Waals surface area contributed by atoms with Gasteiger partial charge in [-0.2, -0.15) is 0 Å². The van der Waals surface area contributed by atoms with Crippen molar-refractivity contribution in [2.75, 3.05) is 37.7 Å². The van der Waals surface area contributed by atoms with E-state index in [4.69, 9.17) is 16.3 Å². The minimum absolute atomic E-state index is 0.0186. The highest BCUT2D eigenvalue weighted by Gasteiger charge is 2.26. The molecule has 0 aliphatic carbocycles. The van der Waals surface area contributed by atoms with E-state index < -0.39 is 4.92 Å². The number of carbonyl (C=O) groups is 1. The van der Waals surface area contributed by atoms with E-state index in [1.54, 1.807) is 41.3 Å². The number of amides is 1. The highest BCUT2D eigenvalue weighted by atomic mass is 35.5. The first kappa shape index (κ1) is 19.9. The van der Waals surface area contributed by atoms with Crippen LogP contribution in [0.25, 0.3) is 0 Å². The number of ether oxygens (including phenoxy) is 1. The van der Waals surface area contributed by atoms with Crippen LogP contribution >= 0.6 is 11.6 Å². The zero-order valence-corrected chi connectivity index (χ0v) is 16.4. The number of halogens is 1. The molecule has 3 rings (SSSR count). The molecule has 0 bridgehead atoms. The molecule has 1 saturated heterocycles. The fourth-order valence-electron chi connectivity index (χ4n) is 3.16. The Morgan fingerprint density at radius 2 is 1.82 bits per heavy atom. The SMILES string of the molecule is CCCOc1ccc(C(=O)N2CCN(c3ccc(Cl)cc3[N+](=O)[O-])CC2)cc1. The zero-order valence-electron chi connectivity index (χ0n) is 15.6. The molecule has 0 saturated carbocycles. The van der Waals surface area contributed by atoms with Gasteiger partial charge in [-0.25, -0.2) is 0 Å². The molecule has 1 fully saturated rings. The lowest BCUT2D eigenvalue weighted by Gasteiger charge is -2.35. The average Bonchev–Trinajstić information content (AvgIpc) is 2.72. The van der Waals surface area contributed by atoms with E-state index in [9.17, 15) is 14.9 Å². The minimum Gasteiger partial charge on any atom is -0.494 e. The Balaban J connectivity index is 1.64. The maximum Gasteiger partial charge on any atom is 0.294 e. The molecule has 8 heteroatoms. The second kappa shape index (κ2) is 8.93. The maximum absolute atomic E-state index is 12.7. The standard InChI is InChI=1S/C20H22ClN3O4/c1-2-13-28-17-6-3-15(4-7-17)20(25)23-11-9-22(10-12-23)18-8-5-16(21)14-19(18)24(26)27/h3-8,14H,2,9-13H2,1H3. The summed E-state index contributed by atoms with van der Waals surface area (Å²) in [5.74, 6) is 0.700. The van der Waals surface area contributed by atoms with Crippen molar-refractivity contribution in [2.24, 2.45) is 0 Å². The number of anilines is 1. The summed E-state index contributed by atoms with van der Waals surface area (Å²) in [6, 6.07) is 11.8. The average molecular weight is 404 g/mol. The van der Waals surface area contributed by atoms with Gasteiger partial charge in [-0.1, -0.05) is 18.5 Å². The van der Waals surface area contributed by atoms with Crippen molar-refractivity contribution in [1.29, 1.82) is 0 Å². The van der Waals surface area contributed by atoms with Crippen molar-refractivity contribution in [2.45, 2.75) is 13.3 Å². The van der Waals surface area contributed by atoms with Crippen LogP contribution < -0.4 is 9.64 Å². The molecule has 148 valence electrons. The largest absolute Gasteiger partial charge is 0.494 e. The zero-order chi connectivity index (χ0) is 20.1. The molecule has 0 atom stereocenters. The number of nitro benzene ring substituents is 1. The van der Waals surface area contributed by atoms with E-state index in [0.29, 0.717) is 49.1 Å². The first-order chi connectivity index (χ1) is 13.5. The van der Waals surface area contributed by atoms with Crippen molar-refractivity contribution >= 4 is 28.9 Å². The van der Waals surface area contributed by atoms with Crippen LogP contribution in [0.15, 0.2) is 42.5 Å². The first-order valence-electron chi connectivity index (χ1n) is 9.20. The van der Waals surface area contributed by atoms with Crippen LogP contribution in [0.2, 0.25) is 5.02 Å². The van der Waals surface area contributed by atoms with E-state index in [2.05, 4.69) is 0 Å². The van der Waals surface area contributed by atoms with E-state index in [0.717, 1.165) is 12.2 Å². The molecule has 1 aliphatic heterocycles. The molecule has 7 nitrogen and oxygen atoms in total. The van der Waals surface area contributed by atoms with Crippen molar-refractivity contribution in [3.63, 3.8) is 0 Å². The lowest BCUT2D eigenvalue weighted by atomic mass is 10.1. The molecule has 2 aromatic carbocycles. The summed E-state index contributed by atoms with van der Waals surface area (Å²) in [5.41, 5.74) is 1.11. The summed E-state index contributed by atoms with van der Waals surface area (Å²) >= 11 is 5.89. The van der Waals surface area contributed by atoms with Crippen molar-refractivity contribution in [3.8, 4) is 5.75 Å². The molecule has 0 radical (unpaired) electrons. The lowest BCUT2D eigenvalue weighted by Crippen LogP contribution is -2.48. The van der Waals surface area contributed by atoms with Gasteiger partial charge < -0.3 is 14.5 Å². The number of benzene rings is 2. The van der Waals surface area contributed by atoms with Crippen LogP contribution in [0.3, 0.4) is 0 Å². The van der Waals surface area contributed by atoms with Crippen LogP contribution in [0.1, 0.15) is 23.7 Å². The predicted molar refractivity (Wildman–Crippen MR) is 108 cm³/mol. The number of hydrogen-bond donors (Lipinski definition) is 0. The van der Waals surface area contributed by atoms with Gasteiger partial charge in [-0.05, 0) is 42.8 Å². The Morgan fingerprint density at radius 1 is 1.14 bits per heavy atom. The van der Waals surface area contributed by atoms with Gasteiger partial charge in [0.2, 0.25) is 0 Å². The first-order valence-corrected chi connectivity index (χ1v) is 9.58. The second-order valence-corrected chi connectivity index (χ2v) is 6.98. The van der Waals surface area contributed by atoms with E-state index in [1.807, 2.05) is 11.8 Å². The summed E-state index contributed by atoms with van der Waals surface area (Å²) in [5, 5.41) is 11.6. The van der Waals surface area contributed by atoms with Crippen LogP contribution in [-0.2, 0) is 0 Å². The molecule has 0 N–H and O–H groups in total. The number of rotatable bonds is 6. The summed E-state index contributed by atoms with van der Waals surface area (Å²) in [4.78, 5) is 27.3. The molecular weight excluding hydrogens is 382 g/mol. The Labute approximate surface area is 168 Å². The fourth-order valence-corrected chi connectivity index (χ4v) is 3.32. The van der Waals surface area contributed by atoms with Crippen LogP contribution in [-0.4, -0.2) is 48.5 Å². The summed E-state index contributed by atoms with van der Waals surface area (Å²) in [6.45, 7) is 4.71. The predicted octanol–water partition coefficient (Wildman–Crippen LogP) is 4.00. The molecule has 1 heterocycles.